The molecule has 2 aromatic carbocycles. The Morgan fingerprint density at radius 1 is 1.15 bits per heavy atom. The Kier molecular flexibility index (Phi) is 3.22. The maximum Gasteiger partial charge on any atom is 0.272 e. The standard InChI is InChI=1S/C22H28N2O3/c1-14-11-15(2)13-17(12-14)21(26)24(22(4,5)6)23-20(25)18-9-8-10-19(27-7)16(18)3/h8-13H,1-7H3,(H,23,25)/i1D3,2D3,11D,12D,13D. The number of hydrogen-bond acceptors (Lipinski definition) is 3. The molecule has 0 saturated carbocycles. The van der Waals surface area contributed by atoms with Crippen LogP contribution in [0, 0.1) is 20.6 Å². The number of hydrazine groups is 1. The van der Waals surface area contributed by atoms with Crippen LogP contribution in [0.25, 0.3) is 0 Å². The third-order valence-corrected chi connectivity index (χ3v) is 3.80. The number of benzene rings is 2. The van der Waals surface area contributed by atoms with Crippen molar-refractivity contribution in [3.63, 3.8) is 0 Å². The first kappa shape index (κ1) is 11.1. The van der Waals surface area contributed by atoms with Gasteiger partial charge in [-0.05, 0) is 65.6 Å². The van der Waals surface area contributed by atoms with Gasteiger partial charge in [-0.2, -0.15) is 0 Å². The number of rotatable bonds is 3. The molecule has 0 saturated heterocycles. The fourth-order valence-corrected chi connectivity index (χ4v) is 2.45. The minimum Gasteiger partial charge on any atom is -0.496 e. The summed E-state index contributed by atoms with van der Waals surface area (Å²) < 4.78 is 76.5. The number of amides is 2. The molecule has 0 aromatic heterocycles. The lowest BCUT2D eigenvalue weighted by Crippen LogP contribution is -2.56. The van der Waals surface area contributed by atoms with E-state index in [9.17, 15) is 9.59 Å². The van der Waals surface area contributed by atoms with Crippen molar-refractivity contribution in [3.8, 4) is 5.75 Å². The maximum absolute atomic E-state index is 13.7. The molecule has 0 fully saturated rings. The Hall–Kier alpha value is -2.82. The van der Waals surface area contributed by atoms with Gasteiger partial charge in [-0.1, -0.05) is 23.2 Å². The van der Waals surface area contributed by atoms with E-state index in [1.807, 2.05) is 0 Å². The van der Waals surface area contributed by atoms with E-state index in [0.29, 0.717) is 11.3 Å². The van der Waals surface area contributed by atoms with E-state index in [1.165, 1.54) is 13.2 Å². The summed E-state index contributed by atoms with van der Waals surface area (Å²) in [5.41, 5.74) is -0.831. The first-order chi connectivity index (χ1) is 16.2. The molecular weight excluding hydrogens is 340 g/mol. The highest BCUT2D eigenvalue weighted by Gasteiger charge is 2.30. The molecule has 0 radical (unpaired) electrons. The lowest BCUT2D eigenvalue weighted by atomic mass is 10.0. The first-order valence-electron chi connectivity index (χ1n) is 12.7. The van der Waals surface area contributed by atoms with Gasteiger partial charge in [-0.3, -0.25) is 15.0 Å². The topological polar surface area (TPSA) is 58.6 Å². The smallest absolute Gasteiger partial charge is 0.272 e. The lowest BCUT2D eigenvalue weighted by molar-refractivity contribution is 0.0358. The van der Waals surface area contributed by atoms with Crippen LogP contribution in [-0.2, 0) is 0 Å². The van der Waals surface area contributed by atoms with Gasteiger partial charge in [0.05, 0.1) is 16.8 Å². The maximum atomic E-state index is 13.7. The van der Waals surface area contributed by atoms with Crippen LogP contribution in [-0.4, -0.2) is 29.5 Å². The molecule has 0 spiro atoms. The molecule has 0 aliphatic heterocycles. The van der Waals surface area contributed by atoms with E-state index in [0.717, 1.165) is 5.01 Å². The van der Waals surface area contributed by atoms with Crippen LogP contribution in [0.3, 0.4) is 0 Å². The average Bonchev–Trinajstić information content (AvgIpc) is 2.68. The summed E-state index contributed by atoms with van der Waals surface area (Å²) in [4.78, 5) is 26.8. The highest BCUT2D eigenvalue weighted by Crippen LogP contribution is 2.22. The second-order valence-electron chi connectivity index (χ2n) is 6.89. The van der Waals surface area contributed by atoms with Gasteiger partial charge in [-0.25, -0.2) is 5.01 Å². The van der Waals surface area contributed by atoms with Crippen molar-refractivity contribution in [3.05, 3.63) is 64.1 Å². The van der Waals surface area contributed by atoms with Crippen molar-refractivity contribution >= 4 is 11.8 Å². The van der Waals surface area contributed by atoms with Gasteiger partial charge in [0.1, 0.15) is 5.75 Å². The molecule has 0 unspecified atom stereocenters. The SMILES string of the molecule is [2H]c1c(C(=O)N(NC(=O)c2cccc(OC)c2C)C(C)(C)C)c([2H])c(C([2H])([2H])[2H])c([2H])c1C([2H])([2H])[2H]. The zero-order valence-electron chi connectivity index (χ0n) is 24.9. The van der Waals surface area contributed by atoms with Gasteiger partial charge in [-0.15, -0.1) is 0 Å². The molecule has 5 nitrogen and oxygen atoms in total. The number of nitrogens with zero attached hydrogens (tertiary/aromatic N) is 1. The summed E-state index contributed by atoms with van der Waals surface area (Å²) in [6.45, 7) is 0.0645. The molecule has 0 aliphatic rings. The second-order valence-corrected chi connectivity index (χ2v) is 6.89. The van der Waals surface area contributed by atoms with Crippen molar-refractivity contribution in [2.75, 3.05) is 7.11 Å². The Labute approximate surface area is 173 Å². The normalized spacial score (nSPS) is 16.9. The zero-order valence-corrected chi connectivity index (χ0v) is 15.9. The van der Waals surface area contributed by atoms with Gasteiger partial charge < -0.3 is 4.74 Å². The molecule has 2 amide bonds. The molecular formula is C22H28N2O3. The molecule has 5 heteroatoms. The van der Waals surface area contributed by atoms with Crippen LogP contribution < -0.4 is 10.2 Å². The van der Waals surface area contributed by atoms with Crippen molar-refractivity contribution < 1.29 is 26.7 Å². The summed E-state index contributed by atoms with van der Waals surface area (Å²) in [6, 6.07) is 1.77. The minimum atomic E-state index is -3.11. The van der Waals surface area contributed by atoms with E-state index in [-0.39, 0.29) is 5.56 Å². The number of hydrogen-bond donors (Lipinski definition) is 1. The van der Waals surface area contributed by atoms with Crippen molar-refractivity contribution in [1.29, 1.82) is 0 Å². The predicted molar refractivity (Wildman–Crippen MR) is 107 cm³/mol. The Bertz CT molecular complexity index is 1160. The number of carbonyl (C=O) groups is 2. The highest BCUT2D eigenvalue weighted by atomic mass is 16.5. The van der Waals surface area contributed by atoms with Crippen molar-refractivity contribution in [2.45, 2.75) is 46.9 Å². The fourth-order valence-electron chi connectivity index (χ4n) is 2.45. The molecule has 144 valence electrons. The summed E-state index contributed by atoms with van der Waals surface area (Å²) in [6.07, 6.45) is 0. The molecule has 1 N–H and O–H groups in total. The van der Waals surface area contributed by atoms with Gasteiger partial charge in [0.25, 0.3) is 11.8 Å². The number of ether oxygens (including phenoxy) is 1. The third-order valence-electron chi connectivity index (χ3n) is 3.80. The molecule has 2 aromatic rings. The molecule has 0 bridgehead atoms. The Morgan fingerprint density at radius 3 is 2.30 bits per heavy atom. The number of nitrogens with one attached hydrogen (secondary N) is 1. The van der Waals surface area contributed by atoms with Crippen molar-refractivity contribution in [1.82, 2.24) is 10.4 Å². The first-order valence-corrected chi connectivity index (χ1v) is 8.19. The van der Waals surface area contributed by atoms with Gasteiger partial charge in [0, 0.05) is 24.9 Å². The Balaban J connectivity index is 2.77. The monoisotopic (exact) mass is 377 g/mol. The van der Waals surface area contributed by atoms with Crippen LogP contribution in [0.1, 0.15) is 70.5 Å². The Morgan fingerprint density at radius 2 is 1.78 bits per heavy atom. The van der Waals surface area contributed by atoms with E-state index in [4.69, 9.17) is 17.1 Å². The lowest BCUT2D eigenvalue weighted by Gasteiger charge is -2.35. The van der Waals surface area contributed by atoms with Crippen LogP contribution in [0.2, 0.25) is 0 Å². The largest absolute Gasteiger partial charge is 0.496 e. The van der Waals surface area contributed by atoms with E-state index >= 15 is 0 Å². The summed E-state index contributed by atoms with van der Waals surface area (Å²) in [7, 11) is 1.43. The van der Waals surface area contributed by atoms with E-state index < -0.39 is 65.9 Å². The zero-order chi connectivity index (χ0) is 28.0. The van der Waals surface area contributed by atoms with Crippen molar-refractivity contribution in [2.24, 2.45) is 0 Å². The fraction of sp³-hybridized carbons (Fsp3) is 0.364. The number of carbonyl (C=O) groups excluding carboxylic acids is 2. The van der Waals surface area contributed by atoms with Gasteiger partial charge >= 0.3 is 0 Å². The van der Waals surface area contributed by atoms with Crippen LogP contribution in [0.5, 0.6) is 5.75 Å². The molecule has 0 atom stereocenters. The average molecular weight is 378 g/mol. The van der Waals surface area contributed by atoms with Gasteiger partial charge in [0.15, 0.2) is 0 Å². The summed E-state index contributed by atoms with van der Waals surface area (Å²) >= 11 is 0. The minimum absolute atomic E-state index is 0.168. The molecule has 0 aliphatic carbocycles. The van der Waals surface area contributed by atoms with Crippen LogP contribution in [0.15, 0.2) is 36.3 Å². The predicted octanol–water partition coefficient (Wildman–Crippen LogP) is 4.21. The van der Waals surface area contributed by atoms with Crippen LogP contribution >= 0.6 is 0 Å². The van der Waals surface area contributed by atoms with E-state index in [2.05, 4.69) is 5.43 Å². The van der Waals surface area contributed by atoms with E-state index in [1.54, 1.807) is 39.8 Å². The quantitative estimate of drug-likeness (QED) is 0.815. The molecule has 2 rings (SSSR count). The summed E-state index contributed by atoms with van der Waals surface area (Å²) in [5, 5.41) is 0.815. The summed E-state index contributed by atoms with van der Waals surface area (Å²) in [5.74, 6) is -1.46. The van der Waals surface area contributed by atoms with Crippen LogP contribution in [0.4, 0.5) is 0 Å². The third kappa shape index (κ3) is 4.67. The second kappa shape index (κ2) is 7.82. The molecule has 27 heavy (non-hydrogen) atoms. The number of methoxy groups -OCH3 is 1. The van der Waals surface area contributed by atoms with Gasteiger partial charge in [0.2, 0.25) is 0 Å². The highest BCUT2D eigenvalue weighted by molar-refractivity contribution is 6.00. The molecule has 0 heterocycles.